The Morgan fingerprint density at radius 1 is 0.435 bits per heavy atom. The van der Waals surface area contributed by atoms with Crippen molar-refractivity contribution in [1.29, 1.82) is 0 Å². The molecule has 0 amide bonds. The highest BCUT2D eigenvalue weighted by atomic mass is 127. The van der Waals surface area contributed by atoms with Crippen molar-refractivity contribution in [3.05, 3.63) is 146 Å². The van der Waals surface area contributed by atoms with Crippen molar-refractivity contribution in [2.45, 2.75) is 84.9 Å². The summed E-state index contributed by atoms with van der Waals surface area (Å²) in [6.45, 7) is 4.45. The fourth-order valence-corrected chi connectivity index (χ4v) is 11.2. The molecule has 0 aliphatic heterocycles. The fraction of sp³-hybridized carbons (Fsp3) is 0.250. The Bertz CT molecular complexity index is 2610. The summed E-state index contributed by atoms with van der Waals surface area (Å²) in [5, 5.41) is -14.2. The second-order valence-corrected chi connectivity index (χ2v) is 22.4. The van der Waals surface area contributed by atoms with Gasteiger partial charge in [0.2, 0.25) is 0 Å². The summed E-state index contributed by atoms with van der Waals surface area (Å²) in [6, 6.07) is 46.6. The Hall–Kier alpha value is -3.91. The molecule has 0 N–H and O–H groups in total. The first-order valence-corrected chi connectivity index (χ1v) is 24.9. The third kappa shape index (κ3) is 13.0. The van der Waals surface area contributed by atoms with Gasteiger partial charge in [-0.05, 0) is 98.3 Å². The van der Waals surface area contributed by atoms with Crippen molar-refractivity contribution in [3.63, 3.8) is 0 Å². The van der Waals surface area contributed by atoms with Crippen molar-refractivity contribution in [3.8, 4) is 0 Å². The van der Waals surface area contributed by atoms with E-state index < -0.39 is 66.8 Å². The number of halogens is 19. The second kappa shape index (κ2) is 21.4. The van der Waals surface area contributed by atoms with Crippen molar-refractivity contribution < 1.29 is 126 Å². The lowest BCUT2D eigenvalue weighted by molar-refractivity contribution is -0.598. The van der Waals surface area contributed by atoms with Crippen LogP contribution in [0.3, 0.4) is 0 Å². The van der Waals surface area contributed by atoms with Gasteiger partial charge in [-0.15, -0.1) is 0 Å². The molecular weight excluding hydrogens is 1170 g/mol. The number of hydrogen-bond donors (Lipinski definition) is 0. The molecule has 5 rings (SSSR count). The molecule has 6 nitrogen and oxygen atoms in total. The van der Waals surface area contributed by atoms with Crippen LogP contribution in [-0.4, -0.2) is 72.5 Å². The first-order chi connectivity index (χ1) is 31.2. The van der Waals surface area contributed by atoms with E-state index >= 15 is 0 Å². The average molecular weight is 1200 g/mol. The van der Waals surface area contributed by atoms with E-state index in [2.05, 4.69) is 141 Å². The summed E-state index contributed by atoms with van der Waals surface area (Å²) in [6.07, 6.45) is -14.3. The van der Waals surface area contributed by atoms with Crippen LogP contribution in [0.4, 0.5) is 79.0 Å². The molecule has 0 aliphatic carbocycles. The Kier molecular flexibility index (Phi) is 18.5. The molecule has 0 spiro atoms. The highest BCUT2D eigenvalue weighted by Crippen LogP contribution is 2.55. The van der Waals surface area contributed by atoms with E-state index in [0.29, 0.717) is 0 Å². The molecule has 0 radical (unpaired) electrons. The van der Waals surface area contributed by atoms with Crippen LogP contribution in [0.25, 0.3) is 0 Å². The maximum Gasteiger partial charge on any atom is 0.460 e. The third-order valence-corrected chi connectivity index (χ3v) is 16.8. The lowest BCUT2D eigenvalue weighted by Gasteiger charge is -2.34. The zero-order valence-electron chi connectivity index (χ0n) is 33.9. The maximum absolute atomic E-state index is 12.2. The highest BCUT2D eigenvalue weighted by molar-refractivity contribution is 7.99. The molecule has 0 bridgehead atoms. The summed E-state index contributed by atoms with van der Waals surface area (Å²) in [5.41, 5.74) is 2.84. The van der Waals surface area contributed by atoms with Gasteiger partial charge in [0.25, 0.3) is 0 Å². The Morgan fingerprint density at radius 3 is 1.10 bits per heavy atom. The Morgan fingerprint density at radius 2 is 0.768 bits per heavy atom. The van der Waals surface area contributed by atoms with E-state index in [1.807, 2.05) is 11.8 Å². The molecule has 0 fully saturated rings. The van der Waals surface area contributed by atoms with Crippen LogP contribution < -0.4 is 21.2 Å². The van der Waals surface area contributed by atoms with E-state index in [1.165, 1.54) is 42.7 Å². The summed E-state index contributed by atoms with van der Waals surface area (Å²) in [4.78, 5) is 6.61. The van der Waals surface area contributed by atoms with Crippen molar-refractivity contribution >= 4 is 42.9 Å². The van der Waals surface area contributed by atoms with E-state index in [-0.39, 0.29) is 32.1 Å². The SMILES string of the molecule is Cc1cccc([I+]c2ccc(Sc3ccc([S+](c4ccccc4)c4ccccc4)cc3)cc2)c1C.O=S(=O)([O-])C(F)(F)C(F)(F)C(F)(F)C(F)(F)F.O=S(=O)([O-])C(F)(F)C(F)(F)C(F)(F)C(F)(F)F. The van der Waals surface area contributed by atoms with Gasteiger partial charge in [0, 0.05) is 15.4 Å². The molecule has 0 aliphatic rings. The Balaban J connectivity index is 0.000000313. The molecule has 0 heterocycles. The second-order valence-electron chi connectivity index (χ2n) is 13.5. The molecule has 29 heteroatoms. The summed E-state index contributed by atoms with van der Waals surface area (Å²) in [7, 11) is -14.9. The maximum atomic E-state index is 12.2. The van der Waals surface area contributed by atoms with Gasteiger partial charge in [-0.2, -0.15) is 79.0 Å². The van der Waals surface area contributed by atoms with Crippen molar-refractivity contribution in [1.82, 2.24) is 0 Å². The predicted molar refractivity (Wildman–Crippen MR) is 207 cm³/mol. The number of alkyl halides is 18. The molecular formula is C40H27F18IO6S4. The first-order valence-electron chi connectivity index (χ1n) is 17.9. The van der Waals surface area contributed by atoms with Gasteiger partial charge < -0.3 is 9.11 Å². The average Bonchev–Trinajstić information content (AvgIpc) is 3.23. The van der Waals surface area contributed by atoms with Crippen LogP contribution in [0, 0.1) is 21.0 Å². The lowest BCUT2D eigenvalue weighted by atomic mass is 10.1. The topological polar surface area (TPSA) is 114 Å². The molecule has 69 heavy (non-hydrogen) atoms. The van der Waals surface area contributed by atoms with Crippen LogP contribution in [-0.2, 0) is 31.1 Å². The fourth-order valence-electron chi connectivity index (χ4n) is 4.84. The van der Waals surface area contributed by atoms with E-state index in [0.717, 1.165) is 0 Å². The van der Waals surface area contributed by atoms with Gasteiger partial charge in [-0.3, -0.25) is 0 Å². The standard InChI is InChI=1S/C32H27IS2.2C4HF9O3S/c1-24-10-9-15-32(25(24)2)33-26-16-18-27(19-17-26)34-28-20-22-31(23-21-28)35(29-11-5-3-6-12-29)30-13-7-4-8-14-30;2*5-1(6,3(9,10)11)2(7,8)4(12,13)17(14,15)16/h3-23H,1-2H3;2*(H,14,15,16)/q+2;;/p-2. The molecule has 5 aromatic carbocycles. The molecule has 0 atom stereocenters. The monoisotopic (exact) mass is 1200 g/mol. The van der Waals surface area contributed by atoms with E-state index in [4.69, 9.17) is 0 Å². The lowest BCUT2D eigenvalue weighted by Crippen LogP contribution is -3.61. The van der Waals surface area contributed by atoms with Gasteiger partial charge in [0.1, 0.15) is 0 Å². The van der Waals surface area contributed by atoms with Crippen LogP contribution in [0.15, 0.2) is 152 Å². The summed E-state index contributed by atoms with van der Waals surface area (Å²) in [5.74, 6) is -29.6. The number of benzene rings is 5. The minimum Gasteiger partial charge on any atom is -0.743 e. The van der Waals surface area contributed by atoms with E-state index in [9.17, 15) is 105 Å². The highest BCUT2D eigenvalue weighted by Gasteiger charge is 2.85. The molecule has 0 aromatic heterocycles. The largest absolute Gasteiger partial charge is 0.743 e. The molecule has 0 unspecified atom stereocenters. The number of aryl methyl sites for hydroxylation is 1. The quantitative estimate of drug-likeness (QED) is 0.0500. The smallest absolute Gasteiger partial charge is 0.460 e. The molecule has 0 saturated heterocycles. The van der Waals surface area contributed by atoms with Gasteiger partial charge in [-0.1, -0.05) is 60.3 Å². The van der Waals surface area contributed by atoms with Gasteiger partial charge in [-0.25, -0.2) is 16.8 Å². The molecule has 380 valence electrons. The van der Waals surface area contributed by atoms with Gasteiger partial charge in [0.15, 0.2) is 42.1 Å². The number of hydrogen-bond acceptors (Lipinski definition) is 7. The van der Waals surface area contributed by atoms with E-state index in [1.54, 1.807) is 0 Å². The molecule has 5 aromatic rings. The van der Waals surface area contributed by atoms with Gasteiger partial charge >= 0.3 is 67.8 Å². The Labute approximate surface area is 397 Å². The van der Waals surface area contributed by atoms with Gasteiger partial charge in [0.05, 0.1) is 10.9 Å². The minimum absolute atomic E-state index is 0.101. The third-order valence-electron chi connectivity index (χ3n) is 8.68. The number of rotatable bonds is 13. The van der Waals surface area contributed by atoms with Crippen molar-refractivity contribution in [2.75, 3.05) is 0 Å². The zero-order chi connectivity index (χ0) is 53.0. The minimum atomic E-state index is -7.43. The zero-order valence-corrected chi connectivity index (χ0v) is 39.3. The van der Waals surface area contributed by atoms with Crippen molar-refractivity contribution in [2.24, 2.45) is 0 Å². The predicted octanol–water partition coefficient (Wildman–Crippen LogP) is 9.59. The molecule has 0 saturated carbocycles. The van der Waals surface area contributed by atoms with Crippen LogP contribution in [0.1, 0.15) is 11.1 Å². The summed E-state index contributed by atoms with van der Waals surface area (Å²) >= 11 is 1.69. The van der Waals surface area contributed by atoms with Crippen LogP contribution >= 0.6 is 11.8 Å². The van der Waals surface area contributed by atoms with Crippen LogP contribution in [0.2, 0.25) is 0 Å². The first kappa shape index (κ1) is 59.4. The van der Waals surface area contributed by atoms with Crippen LogP contribution in [0.5, 0.6) is 0 Å². The summed E-state index contributed by atoms with van der Waals surface area (Å²) < 4.78 is 274. The normalized spacial score (nSPS) is 13.6.